The van der Waals surface area contributed by atoms with Crippen LogP contribution < -0.4 is 10.6 Å². The SMILES string of the molecule is Cc1cccc(-c2nc(Nc3ccnc(Nc4cccc(C(=O)O)c4)n3)c3cccn3n2)n1. The monoisotopic (exact) mass is 438 g/mol. The van der Waals surface area contributed by atoms with E-state index in [0.29, 0.717) is 34.8 Å². The molecule has 0 saturated heterocycles. The quantitative estimate of drug-likeness (QED) is 0.359. The molecule has 162 valence electrons. The van der Waals surface area contributed by atoms with Gasteiger partial charge in [0.25, 0.3) is 0 Å². The van der Waals surface area contributed by atoms with Gasteiger partial charge < -0.3 is 15.7 Å². The van der Waals surface area contributed by atoms with Crippen LogP contribution in [0.5, 0.6) is 0 Å². The van der Waals surface area contributed by atoms with E-state index in [1.165, 1.54) is 12.1 Å². The van der Waals surface area contributed by atoms with Crippen molar-refractivity contribution < 1.29 is 9.90 Å². The molecule has 5 aromatic rings. The topological polar surface area (TPSA) is 130 Å². The third-order valence-electron chi connectivity index (χ3n) is 4.78. The largest absolute Gasteiger partial charge is 0.478 e. The highest BCUT2D eigenvalue weighted by Gasteiger charge is 2.12. The summed E-state index contributed by atoms with van der Waals surface area (Å²) in [5.74, 6) is 0.845. The number of nitrogens with one attached hydrogen (secondary N) is 2. The Kier molecular flexibility index (Phi) is 5.07. The number of aromatic nitrogens is 6. The minimum absolute atomic E-state index is 0.170. The highest BCUT2D eigenvalue weighted by molar-refractivity contribution is 5.89. The minimum Gasteiger partial charge on any atom is -0.478 e. The molecule has 0 aliphatic rings. The fourth-order valence-electron chi connectivity index (χ4n) is 3.27. The fourth-order valence-corrected chi connectivity index (χ4v) is 3.27. The maximum atomic E-state index is 11.2. The highest BCUT2D eigenvalue weighted by Crippen LogP contribution is 2.23. The van der Waals surface area contributed by atoms with Crippen molar-refractivity contribution in [2.45, 2.75) is 6.92 Å². The van der Waals surface area contributed by atoms with Crippen LogP contribution in [0.3, 0.4) is 0 Å². The number of hydrogen-bond acceptors (Lipinski definition) is 8. The molecular formula is C23H18N8O2. The van der Waals surface area contributed by atoms with Gasteiger partial charge in [-0.3, -0.25) is 0 Å². The summed E-state index contributed by atoms with van der Waals surface area (Å²) in [5.41, 5.74) is 3.04. The van der Waals surface area contributed by atoms with E-state index in [4.69, 9.17) is 0 Å². The Morgan fingerprint density at radius 2 is 1.85 bits per heavy atom. The molecule has 0 bridgehead atoms. The van der Waals surface area contributed by atoms with Crippen molar-refractivity contribution in [1.29, 1.82) is 0 Å². The summed E-state index contributed by atoms with van der Waals surface area (Å²) in [6.45, 7) is 1.92. The molecule has 4 aromatic heterocycles. The molecule has 0 spiro atoms. The lowest BCUT2D eigenvalue weighted by molar-refractivity contribution is 0.0697. The third kappa shape index (κ3) is 4.30. The molecule has 0 atom stereocenters. The Bertz CT molecular complexity index is 1480. The lowest BCUT2D eigenvalue weighted by Gasteiger charge is -2.11. The molecule has 0 amide bonds. The summed E-state index contributed by atoms with van der Waals surface area (Å²) in [7, 11) is 0. The number of fused-ring (bicyclic) bond motifs is 1. The number of aryl methyl sites for hydroxylation is 1. The normalized spacial score (nSPS) is 10.8. The molecule has 0 fully saturated rings. The average Bonchev–Trinajstić information content (AvgIpc) is 3.29. The Balaban J connectivity index is 1.46. The zero-order chi connectivity index (χ0) is 22.8. The Morgan fingerprint density at radius 1 is 0.970 bits per heavy atom. The number of benzene rings is 1. The van der Waals surface area contributed by atoms with Crippen LogP contribution in [0.4, 0.5) is 23.3 Å². The number of carboxylic acid groups (broad SMARTS) is 1. The van der Waals surface area contributed by atoms with Crippen molar-refractivity contribution in [1.82, 2.24) is 29.5 Å². The summed E-state index contributed by atoms with van der Waals surface area (Å²) in [4.78, 5) is 29.1. The van der Waals surface area contributed by atoms with Gasteiger partial charge in [0, 0.05) is 23.8 Å². The number of aromatic carboxylic acids is 1. The maximum absolute atomic E-state index is 11.2. The van der Waals surface area contributed by atoms with Crippen molar-refractivity contribution in [3.05, 3.63) is 84.3 Å². The van der Waals surface area contributed by atoms with Gasteiger partial charge in [-0.05, 0) is 55.5 Å². The van der Waals surface area contributed by atoms with Crippen LogP contribution >= 0.6 is 0 Å². The molecule has 33 heavy (non-hydrogen) atoms. The molecule has 0 radical (unpaired) electrons. The molecule has 1 aromatic carbocycles. The van der Waals surface area contributed by atoms with Gasteiger partial charge in [-0.25, -0.2) is 24.3 Å². The van der Waals surface area contributed by atoms with Crippen LogP contribution in [0.15, 0.2) is 73.1 Å². The number of pyridine rings is 1. The summed E-state index contributed by atoms with van der Waals surface area (Å²) in [5, 5.41) is 20.0. The maximum Gasteiger partial charge on any atom is 0.335 e. The summed E-state index contributed by atoms with van der Waals surface area (Å²) < 4.78 is 1.73. The van der Waals surface area contributed by atoms with Crippen LogP contribution in [0, 0.1) is 6.92 Å². The smallest absolute Gasteiger partial charge is 0.335 e. The van der Waals surface area contributed by atoms with Gasteiger partial charge in [0.05, 0.1) is 5.56 Å². The highest BCUT2D eigenvalue weighted by atomic mass is 16.4. The number of rotatable bonds is 6. The number of anilines is 4. The van der Waals surface area contributed by atoms with Crippen molar-refractivity contribution >= 4 is 34.8 Å². The van der Waals surface area contributed by atoms with Gasteiger partial charge in [0.1, 0.15) is 17.0 Å². The second-order valence-electron chi connectivity index (χ2n) is 7.19. The van der Waals surface area contributed by atoms with E-state index in [1.54, 1.807) is 28.9 Å². The third-order valence-corrected chi connectivity index (χ3v) is 4.78. The first-order valence-corrected chi connectivity index (χ1v) is 10.0. The number of carboxylic acids is 1. The van der Waals surface area contributed by atoms with Gasteiger partial charge in [0.2, 0.25) is 11.8 Å². The molecule has 4 heterocycles. The van der Waals surface area contributed by atoms with Gasteiger partial charge >= 0.3 is 5.97 Å². The molecule has 10 nitrogen and oxygen atoms in total. The molecule has 0 unspecified atom stereocenters. The van der Waals surface area contributed by atoms with Crippen molar-refractivity contribution in [3.63, 3.8) is 0 Å². The number of hydrogen-bond donors (Lipinski definition) is 3. The fraction of sp³-hybridized carbons (Fsp3) is 0.0435. The van der Waals surface area contributed by atoms with E-state index in [-0.39, 0.29) is 5.56 Å². The number of nitrogens with zero attached hydrogens (tertiary/aromatic N) is 6. The van der Waals surface area contributed by atoms with Gasteiger partial charge in [-0.15, -0.1) is 5.10 Å². The lowest BCUT2D eigenvalue weighted by Crippen LogP contribution is -2.06. The summed E-state index contributed by atoms with van der Waals surface area (Å²) >= 11 is 0. The van der Waals surface area contributed by atoms with E-state index in [9.17, 15) is 9.90 Å². The first-order valence-electron chi connectivity index (χ1n) is 10.0. The molecule has 0 saturated carbocycles. The predicted octanol–water partition coefficient (Wildman–Crippen LogP) is 4.08. The molecule has 3 N–H and O–H groups in total. The van der Waals surface area contributed by atoms with Crippen molar-refractivity contribution in [3.8, 4) is 11.5 Å². The lowest BCUT2D eigenvalue weighted by atomic mass is 10.2. The van der Waals surface area contributed by atoms with E-state index >= 15 is 0 Å². The first-order chi connectivity index (χ1) is 16.0. The molecule has 0 aliphatic heterocycles. The van der Waals surface area contributed by atoms with Gasteiger partial charge in [0.15, 0.2) is 5.82 Å². The zero-order valence-electron chi connectivity index (χ0n) is 17.5. The Morgan fingerprint density at radius 3 is 2.70 bits per heavy atom. The molecular weight excluding hydrogens is 420 g/mol. The molecule has 10 heteroatoms. The van der Waals surface area contributed by atoms with Crippen LogP contribution in [-0.2, 0) is 0 Å². The van der Waals surface area contributed by atoms with Crippen molar-refractivity contribution in [2.24, 2.45) is 0 Å². The summed E-state index contributed by atoms with van der Waals surface area (Å²) in [6.07, 6.45) is 3.43. The average molecular weight is 438 g/mol. The van der Waals surface area contributed by atoms with Gasteiger partial charge in [-0.2, -0.15) is 4.98 Å². The van der Waals surface area contributed by atoms with Crippen LogP contribution in [0.2, 0.25) is 0 Å². The van der Waals surface area contributed by atoms with E-state index in [1.807, 2.05) is 43.5 Å². The first kappa shape index (κ1) is 20.1. The van der Waals surface area contributed by atoms with Crippen LogP contribution in [0.25, 0.3) is 17.0 Å². The molecule has 0 aliphatic carbocycles. The van der Waals surface area contributed by atoms with Crippen molar-refractivity contribution in [2.75, 3.05) is 10.6 Å². The van der Waals surface area contributed by atoms with E-state index in [2.05, 4.69) is 35.7 Å². The number of carbonyl (C=O) groups is 1. The van der Waals surface area contributed by atoms with E-state index in [0.717, 1.165) is 11.2 Å². The Labute approximate surface area is 188 Å². The predicted molar refractivity (Wildman–Crippen MR) is 123 cm³/mol. The van der Waals surface area contributed by atoms with Crippen LogP contribution in [0.1, 0.15) is 16.1 Å². The molecule has 5 rings (SSSR count). The van der Waals surface area contributed by atoms with E-state index < -0.39 is 5.97 Å². The Hall–Kier alpha value is -4.86. The second kappa shape index (κ2) is 8.35. The van der Waals surface area contributed by atoms with Crippen LogP contribution in [-0.4, -0.2) is 40.6 Å². The minimum atomic E-state index is -1.01. The zero-order valence-corrected chi connectivity index (χ0v) is 17.5. The van der Waals surface area contributed by atoms with Gasteiger partial charge in [-0.1, -0.05) is 12.1 Å². The second-order valence-corrected chi connectivity index (χ2v) is 7.19. The summed E-state index contributed by atoms with van der Waals surface area (Å²) in [6, 6.07) is 17.6. The standard InChI is InChI=1S/C23H18N8O2/c1-14-5-2-8-17(25-14)20-29-21(18-9-4-12-31(18)30-20)27-19-10-11-24-23(28-19)26-16-7-3-6-15(13-16)22(32)33/h2-13H,1H3,(H,32,33)(H2,24,26,27,28,29,30).